The molecule has 0 amide bonds. The highest BCUT2D eigenvalue weighted by atomic mass is 32.2. The molecule has 0 atom stereocenters. The first-order valence-electron chi connectivity index (χ1n) is 5.27. The van der Waals surface area contributed by atoms with Crippen LogP contribution in [0.2, 0.25) is 0 Å². The predicted molar refractivity (Wildman–Crippen MR) is 58.3 cm³/mol. The summed E-state index contributed by atoms with van der Waals surface area (Å²) in [6.07, 6.45) is 3.75. The maximum atomic E-state index is 5.82. The second kappa shape index (κ2) is 3.28. The van der Waals surface area contributed by atoms with E-state index < -0.39 is 0 Å². The highest BCUT2D eigenvalue weighted by molar-refractivity contribution is 7.98. The molecule has 1 aliphatic carbocycles. The normalized spacial score (nSPS) is 20.9. The Labute approximate surface area is 88.0 Å². The minimum Gasteiger partial charge on any atom is -0.325 e. The van der Waals surface area contributed by atoms with Crippen LogP contribution in [0.1, 0.15) is 35.8 Å². The number of fused-ring (bicyclic) bond motifs is 1. The van der Waals surface area contributed by atoms with Gasteiger partial charge in [-0.1, -0.05) is 0 Å². The van der Waals surface area contributed by atoms with E-state index in [2.05, 4.69) is 4.68 Å². The van der Waals surface area contributed by atoms with Crippen LogP contribution < -0.4 is 5.73 Å². The summed E-state index contributed by atoms with van der Waals surface area (Å²) >= 11 is 1.99. The molecule has 1 aromatic heterocycles. The third-order valence-corrected chi connectivity index (χ3v) is 3.99. The van der Waals surface area contributed by atoms with E-state index in [0.717, 1.165) is 5.75 Å². The molecule has 1 fully saturated rings. The van der Waals surface area contributed by atoms with Gasteiger partial charge >= 0.3 is 0 Å². The quantitative estimate of drug-likeness (QED) is 0.802. The molecule has 3 rings (SSSR count). The van der Waals surface area contributed by atoms with Gasteiger partial charge in [-0.25, -0.2) is 0 Å². The van der Waals surface area contributed by atoms with Crippen molar-refractivity contribution in [2.24, 2.45) is 5.73 Å². The van der Waals surface area contributed by atoms with Crippen molar-refractivity contribution in [3.8, 4) is 0 Å². The molecular formula is C10H15N3S. The van der Waals surface area contributed by atoms with E-state index in [1.54, 1.807) is 0 Å². The van der Waals surface area contributed by atoms with Gasteiger partial charge in [-0.05, 0) is 30.6 Å². The molecule has 4 heteroatoms. The first-order valence-corrected chi connectivity index (χ1v) is 6.42. The summed E-state index contributed by atoms with van der Waals surface area (Å²) in [5, 5.41) is 4.70. The smallest absolute Gasteiger partial charge is 0.0759 e. The van der Waals surface area contributed by atoms with Crippen LogP contribution in [0.15, 0.2) is 0 Å². The second-order valence-electron chi connectivity index (χ2n) is 4.05. The lowest BCUT2D eigenvalue weighted by atomic mass is 10.1. The van der Waals surface area contributed by atoms with Gasteiger partial charge in [0.1, 0.15) is 0 Å². The summed E-state index contributed by atoms with van der Waals surface area (Å²) < 4.78 is 2.20. The van der Waals surface area contributed by atoms with Gasteiger partial charge in [0, 0.05) is 12.3 Å². The van der Waals surface area contributed by atoms with E-state index >= 15 is 0 Å². The molecule has 0 aromatic carbocycles. The van der Waals surface area contributed by atoms with Crippen molar-refractivity contribution >= 4 is 11.8 Å². The van der Waals surface area contributed by atoms with Crippen molar-refractivity contribution in [2.75, 3.05) is 5.75 Å². The fourth-order valence-corrected chi connectivity index (χ4v) is 3.06. The number of hydrogen-bond donors (Lipinski definition) is 1. The molecule has 0 spiro atoms. The van der Waals surface area contributed by atoms with Gasteiger partial charge in [0.25, 0.3) is 0 Å². The largest absolute Gasteiger partial charge is 0.325 e. The molecule has 2 heterocycles. The first-order chi connectivity index (χ1) is 6.90. The Morgan fingerprint density at radius 3 is 3.07 bits per heavy atom. The van der Waals surface area contributed by atoms with E-state index in [0.29, 0.717) is 12.6 Å². The van der Waals surface area contributed by atoms with Crippen LogP contribution in [0.25, 0.3) is 0 Å². The van der Waals surface area contributed by atoms with Gasteiger partial charge in [0.05, 0.1) is 17.4 Å². The third kappa shape index (κ3) is 1.28. The Morgan fingerprint density at radius 1 is 1.50 bits per heavy atom. The van der Waals surface area contributed by atoms with E-state index in [1.165, 1.54) is 42.0 Å². The summed E-state index contributed by atoms with van der Waals surface area (Å²) in [4.78, 5) is 0. The Balaban J connectivity index is 2.06. The van der Waals surface area contributed by atoms with Crippen LogP contribution in [-0.4, -0.2) is 15.5 Å². The van der Waals surface area contributed by atoms with Crippen molar-refractivity contribution < 1.29 is 0 Å². The molecule has 14 heavy (non-hydrogen) atoms. The van der Waals surface area contributed by atoms with Gasteiger partial charge in [-0.3, -0.25) is 4.68 Å². The Bertz CT molecular complexity index is 354. The lowest BCUT2D eigenvalue weighted by Crippen LogP contribution is -2.10. The van der Waals surface area contributed by atoms with Gasteiger partial charge < -0.3 is 5.73 Å². The number of nitrogens with zero attached hydrogens (tertiary/aromatic N) is 2. The van der Waals surface area contributed by atoms with E-state index in [4.69, 9.17) is 10.8 Å². The van der Waals surface area contributed by atoms with Crippen LogP contribution in [0.5, 0.6) is 0 Å². The van der Waals surface area contributed by atoms with E-state index in [-0.39, 0.29) is 0 Å². The van der Waals surface area contributed by atoms with Crippen LogP contribution in [0.3, 0.4) is 0 Å². The molecule has 1 aliphatic heterocycles. The van der Waals surface area contributed by atoms with Crippen molar-refractivity contribution in [1.82, 2.24) is 9.78 Å². The van der Waals surface area contributed by atoms with Gasteiger partial charge in [0.2, 0.25) is 0 Å². The molecule has 2 aliphatic rings. The first kappa shape index (κ1) is 8.80. The summed E-state index contributed by atoms with van der Waals surface area (Å²) in [7, 11) is 0. The Kier molecular flexibility index (Phi) is 2.06. The topological polar surface area (TPSA) is 43.8 Å². The molecule has 0 radical (unpaired) electrons. The van der Waals surface area contributed by atoms with Gasteiger partial charge in [0.15, 0.2) is 0 Å². The molecule has 1 saturated carbocycles. The summed E-state index contributed by atoms with van der Waals surface area (Å²) in [5.74, 6) is 2.32. The van der Waals surface area contributed by atoms with Crippen molar-refractivity contribution in [1.29, 1.82) is 0 Å². The van der Waals surface area contributed by atoms with E-state index in [1.807, 2.05) is 11.8 Å². The second-order valence-corrected chi connectivity index (χ2v) is 5.16. The van der Waals surface area contributed by atoms with Gasteiger partial charge in [-0.15, -0.1) is 0 Å². The zero-order chi connectivity index (χ0) is 9.54. The number of hydrogen-bond acceptors (Lipinski definition) is 3. The summed E-state index contributed by atoms with van der Waals surface area (Å²) in [5.41, 5.74) is 9.88. The highest BCUT2D eigenvalue weighted by Crippen LogP contribution is 2.38. The van der Waals surface area contributed by atoms with Crippen molar-refractivity contribution in [3.63, 3.8) is 0 Å². The SMILES string of the molecule is NCc1c2c(nn1C1CC1)CSCC2. The number of aromatic nitrogens is 2. The maximum Gasteiger partial charge on any atom is 0.0759 e. The number of thioether (sulfide) groups is 1. The highest BCUT2D eigenvalue weighted by Gasteiger charge is 2.30. The maximum absolute atomic E-state index is 5.82. The Morgan fingerprint density at radius 2 is 2.36 bits per heavy atom. The monoisotopic (exact) mass is 209 g/mol. The van der Waals surface area contributed by atoms with E-state index in [9.17, 15) is 0 Å². The molecule has 3 nitrogen and oxygen atoms in total. The van der Waals surface area contributed by atoms with Crippen LogP contribution in [0.4, 0.5) is 0 Å². The predicted octanol–water partition coefficient (Wildman–Crippen LogP) is 1.47. The van der Waals surface area contributed by atoms with Crippen LogP contribution in [0, 0.1) is 0 Å². The van der Waals surface area contributed by atoms with Crippen molar-refractivity contribution in [3.05, 3.63) is 17.0 Å². The molecule has 1 aromatic rings. The lowest BCUT2D eigenvalue weighted by Gasteiger charge is -2.10. The number of rotatable bonds is 2. The molecule has 0 unspecified atom stereocenters. The van der Waals surface area contributed by atoms with Crippen molar-refractivity contribution in [2.45, 2.75) is 37.6 Å². The van der Waals surface area contributed by atoms with Crippen LogP contribution in [-0.2, 0) is 18.7 Å². The molecular weight excluding hydrogens is 194 g/mol. The molecule has 0 saturated heterocycles. The molecule has 0 bridgehead atoms. The van der Waals surface area contributed by atoms with Gasteiger partial charge in [-0.2, -0.15) is 16.9 Å². The Hall–Kier alpha value is -0.480. The molecule has 2 N–H and O–H groups in total. The standard InChI is InChI=1S/C10H15N3S/c11-5-10-8-3-4-14-6-9(8)12-13(10)7-1-2-7/h7H,1-6,11H2. The summed E-state index contributed by atoms with van der Waals surface area (Å²) in [6.45, 7) is 0.656. The molecule has 76 valence electrons. The summed E-state index contributed by atoms with van der Waals surface area (Å²) in [6, 6.07) is 0.671. The average molecular weight is 209 g/mol. The minimum absolute atomic E-state index is 0.656. The third-order valence-electron chi connectivity index (χ3n) is 3.02. The lowest BCUT2D eigenvalue weighted by molar-refractivity contribution is 0.600. The minimum atomic E-state index is 0.656. The fourth-order valence-electron chi connectivity index (χ4n) is 2.14. The zero-order valence-corrected chi connectivity index (χ0v) is 9.02. The average Bonchev–Trinajstić information content (AvgIpc) is 2.99. The number of nitrogens with two attached hydrogens (primary N) is 1. The fraction of sp³-hybridized carbons (Fsp3) is 0.700. The zero-order valence-electron chi connectivity index (χ0n) is 8.20. The van der Waals surface area contributed by atoms with Crippen LogP contribution >= 0.6 is 11.8 Å².